The number of carbonyl (C=O) groups is 1. The molecule has 0 N–H and O–H groups in total. The normalized spacial score (nSPS) is 14.7. The van der Waals surface area contributed by atoms with E-state index in [4.69, 9.17) is 11.6 Å². The van der Waals surface area contributed by atoms with Crippen LogP contribution in [0.5, 0.6) is 0 Å². The van der Waals surface area contributed by atoms with Crippen LogP contribution in [0.15, 0.2) is 48.8 Å². The first-order chi connectivity index (χ1) is 11.7. The Hall–Kier alpha value is -1.72. The zero-order valence-electron chi connectivity index (χ0n) is 13.4. The molecule has 0 unspecified atom stereocenters. The van der Waals surface area contributed by atoms with Gasteiger partial charge in [-0.2, -0.15) is 0 Å². The lowest BCUT2D eigenvalue weighted by Crippen LogP contribution is -2.49. The van der Waals surface area contributed by atoms with Gasteiger partial charge in [0.2, 0.25) is 5.91 Å². The lowest BCUT2D eigenvalue weighted by molar-refractivity contribution is -0.128. The minimum Gasteiger partial charge on any atom is -0.368 e. The standard InChI is InChI=1S/C18H20ClN3OS/c19-16-3-1-2-15(12-16)13-24-14-18(23)22-10-8-21(9-11-22)17-4-6-20-7-5-17/h1-7,12H,8-11,13-14H2. The molecule has 0 saturated carbocycles. The summed E-state index contributed by atoms with van der Waals surface area (Å²) in [5.74, 6) is 1.54. The van der Waals surface area contributed by atoms with Crippen molar-refractivity contribution in [2.45, 2.75) is 5.75 Å². The van der Waals surface area contributed by atoms with Crippen molar-refractivity contribution in [3.8, 4) is 0 Å². The highest BCUT2D eigenvalue weighted by atomic mass is 35.5. The van der Waals surface area contributed by atoms with E-state index in [2.05, 4.69) is 9.88 Å². The van der Waals surface area contributed by atoms with Crippen LogP contribution in [0.1, 0.15) is 5.56 Å². The number of pyridine rings is 1. The Kier molecular flexibility index (Phi) is 5.99. The molecule has 4 nitrogen and oxygen atoms in total. The summed E-state index contributed by atoms with van der Waals surface area (Å²) in [6, 6.07) is 11.8. The highest BCUT2D eigenvalue weighted by molar-refractivity contribution is 7.99. The minimum atomic E-state index is 0.219. The number of anilines is 1. The average molecular weight is 362 g/mol. The number of carbonyl (C=O) groups excluding carboxylic acids is 1. The molecule has 1 saturated heterocycles. The van der Waals surface area contributed by atoms with Gasteiger partial charge >= 0.3 is 0 Å². The smallest absolute Gasteiger partial charge is 0.232 e. The third-order valence-corrected chi connectivity index (χ3v) is 5.27. The molecule has 1 amide bonds. The van der Waals surface area contributed by atoms with Crippen molar-refractivity contribution in [1.82, 2.24) is 9.88 Å². The maximum atomic E-state index is 12.3. The van der Waals surface area contributed by atoms with Crippen molar-refractivity contribution >= 4 is 35.0 Å². The Labute approximate surface area is 151 Å². The van der Waals surface area contributed by atoms with Crippen molar-refractivity contribution in [3.63, 3.8) is 0 Å². The number of hydrogen-bond donors (Lipinski definition) is 0. The van der Waals surface area contributed by atoms with E-state index in [1.54, 1.807) is 24.2 Å². The van der Waals surface area contributed by atoms with Crippen LogP contribution in [-0.2, 0) is 10.5 Å². The summed E-state index contributed by atoms with van der Waals surface area (Å²) in [6.45, 7) is 3.29. The number of thioether (sulfide) groups is 1. The largest absolute Gasteiger partial charge is 0.368 e. The van der Waals surface area contributed by atoms with Crippen LogP contribution in [0.3, 0.4) is 0 Å². The molecule has 3 rings (SSSR count). The van der Waals surface area contributed by atoms with E-state index < -0.39 is 0 Å². The lowest BCUT2D eigenvalue weighted by atomic mass is 10.2. The van der Waals surface area contributed by atoms with Crippen LogP contribution in [-0.4, -0.2) is 47.7 Å². The number of amides is 1. The van der Waals surface area contributed by atoms with Crippen molar-refractivity contribution in [3.05, 3.63) is 59.4 Å². The van der Waals surface area contributed by atoms with Crippen LogP contribution < -0.4 is 4.90 Å². The van der Waals surface area contributed by atoms with Crippen LogP contribution >= 0.6 is 23.4 Å². The fourth-order valence-corrected chi connectivity index (χ4v) is 3.83. The van der Waals surface area contributed by atoms with Gasteiger partial charge in [0, 0.05) is 55.0 Å². The predicted octanol–water partition coefficient (Wildman–Crippen LogP) is 3.32. The van der Waals surface area contributed by atoms with E-state index in [9.17, 15) is 4.79 Å². The van der Waals surface area contributed by atoms with Crippen molar-refractivity contribution in [1.29, 1.82) is 0 Å². The number of aromatic nitrogens is 1. The number of rotatable bonds is 5. The molecule has 1 aliphatic heterocycles. The third-order valence-electron chi connectivity index (χ3n) is 4.04. The molecular formula is C18H20ClN3OS. The molecule has 1 aromatic heterocycles. The van der Waals surface area contributed by atoms with Gasteiger partial charge in [0.15, 0.2) is 0 Å². The summed E-state index contributed by atoms with van der Waals surface area (Å²) in [6.07, 6.45) is 3.61. The Morgan fingerprint density at radius 3 is 2.58 bits per heavy atom. The Balaban J connectivity index is 1.42. The molecule has 2 aromatic rings. The van der Waals surface area contributed by atoms with Gasteiger partial charge in [-0.25, -0.2) is 0 Å². The number of piperazine rings is 1. The van der Waals surface area contributed by atoms with Crippen LogP contribution in [0.4, 0.5) is 5.69 Å². The fraction of sp³-hybridized carbons (Fsp3) is 0.333. The summed E-state index contributed by atoms with van der Waals surface area (Å²) in [5, 5.41) is 0.742. The Morgan fingerprint density at radius 1 is 1.12 bits per heavy atom. The topological polar surface area (TPSA) is 36.4 Å². The van der Waals surface area contributed by atoms with Gasteiger partial charge in [-0.15, -0.1) is 11.8 Å². The SMILES string of the molecule is O=C(CSCc1cccc(Cl)c1)N1CCN(c2ccncc2)CC1. The van der Waals surface area contributed by atoms with Crippen LogP contribution in [0.2, 0.25) is 5.02 Å². The Bertz CT molecular complexity index is 675. The second-order valence-electron chi connectivity index (χ2n) is 5.70. The predicted molar refractivity (Wildman–Crippen MR) is 101 cm³/mol. The first-order valence-electron chi connectivity index (χ1n) is 7.97. The zero-order valence-corrected chi connectivity index (χ0v) is 15.0. The molecule has 6 heteroatoms. The number of hydrogen-bond acceptors (Lipinski definition) is 4. The number of benzene rings is 1. The van der Waals surface area contributed by atoms with E-state index in [1.165, 1.54) is 5.69 Å². The van der Waals surface area contributed by atoms with Crippen molar-refractivity contribution in [2.24, 2.45) is 0 Å². The molecule has 0 spiro atoms. The molecular weight excluding hydrogens is 342 g/mol. The molecule has 24 heavy (non-hydrogen) atoms. The first kappa shape index (κ1) is 17.1. The Morgan fingerprint density at radius 2 is 1.88 bits per heavy atom. The maximum absolute atomic E-state index is 12.3. The monoisotopic (exact) mass is 361 g/mol. The summed E-state index contributed by atoms with van der Waals surface area (Å²) in [5.41, 5.74) is 2.33. The average Bonchev–Trinajstić information content (AvgIpc) is 2.63. The number of halogens is 1. The van der Waals surface area contributed by atoms with E-state index in [-0.39, 0.29) is 5.91 Å². The summed E-state index contributed by atoms with van der Waals surface area (Å²) in [4.78, 5) is 20.7. The van der Waals surface area contributed by atoms with Crippen molar-refractivity contribution < 1.29 is 4.79 Å². The highest BCUT2D eigenvalue weighted by Crippen LogP contribution is 2.18. The van der Waals surface area contributed by atoms with E-state index in [0.29, 0.717) is 5.75 Å². The highest BCUT2D eigenvalue weighted by Gasteiger charge is 2.20. The molecule has 2 heterocycles. The minimum absolute atomic E-state index is 0.219. The third kappa shape index (κ3) is 4.65. The molecule has 1 aromatic carbocycles. The van der Waals surface area contributed by atoms with Crippen molar-refractivity contribution in [2.75, 3.05) is 36.8 Å². The summed E-state index contributed by atoms with van der Waals surface area (Å²) in [7, 11) is 0. The molecule has 1 fully saturated rings. The fourth-order valence-electron chi connectivity index (χ4n) is 2.74. The summed E-state index contributed by atoms with van der Waals surface area (Å²) >= 11 is 7.62. The van der Waals surface area contributed by atoms with Crippen LogP contribution in [0.25, 0.3) is 0 Å². The maximum Gasteiger partial charge on any atom is 0.232 e. The molecule has 0 aliphatic carbocycles. The molecule has 1 aliphatic rings. The summed E-state index contributed by atoms with van der Waals surface area (Å²) < 4.78 is 0. The van der Waals surface area contributed by atoms with Gasteiger partial charge in [-0.1, -0.05) is 23.7 Å². The second kappa shape index (κ2) is 8.40. The second-order valence-corrected chi connectivity index (χ2v) is 7.12. The van der Waals surface area contributed by atoms with Crippen LogP contribution in [0, 0.1) is 0 Å². The van der Waals surface area contributed by atoms with Gasteiger partial charge in [0.1, 0.15) is 0 Å². The van der Waals surface area contributed by atoms with Gasteiger partial charge in [-0.05, 0) is 29.8 Å². The van der Waals surface area contributed by atoms with Gasteiger partial charge < -0.3 is 9.80 Å². The van der Waals surface area contributed by atoms with E-state index in [1.807, 2.05) is 41.3 Å². The first-order valence-corrected chi connectivity index (χ1v) is 9.50. The molecule has 126 valence electrons. The molecule has 0 atom stereocenters. The lowest BCUT2D eigenvalue weighted by Gasteiger charge is -2.36. The quantitative estimate of drug-likeness (QED) is 0.818. The zero-order chi connectivity index (χ0) is 16.8. The number of nitrogens with zero attached hydrogens (tertiary/aromatic N) is 3. The molecule has 0 bridgehead atoms. The van der Waals surface area contributed by atoms with Gasteiger partial charge in [0.05, 0.1) is 5.75 Å². The van der Waals surface area contributed by atoms with Gasteiger partial charge in [0.25, 0.3) is 0 Å². The van der Waals surface area contributed by atoms with E-state index >= 15 is 0 Å². The molecule has 0 radical (unpaired) electrons. The van der Waals surface area contributed by atoms with Gasteiger partial charge in [-0.3, -0.25) is 9.78 Å². The van der Waals surface area contributed by atoms with E-state index in [0.717, 1.165) is 42.5 Å².